The molecule has 1 unspecified atom stereocenters. The maximum absolute atomic E-state index is 12.1. The highest BCUT2D eigenvalue weighted by molar-refractivity contribution is 7.87. The van der Waals surface area contributed by atoms with Gasteiger partial charge < -0.3 is 14.2 Å². The van der Waals surface area contributed by atoms with E-state index < -0.39 is 24.1 Å². The van der Waals surface area contributed by atoms with Gasteiger partial charge in [-0.05, 0) is 81.8 Å². The minimum Gasteiger partial charge on any atom is -0.375 e. The zero-order chi connectivity index (χ0) is 21.4. The van der Waals surface area contributed by atoms with Crippen LogP contribution in [0.25, 0.3) is 0 Å². The van der Waals surface area contributed by atoms with E-state index in [1.807, 2.05) is 6.92 Å². The SMILES string of the molecule is Cc1ccc(S(=O)(=O)OCP(=O)(O)OCCCOC23CC4CC(CC(C4)C2)C3)cc1. The van der Waals surface area contributed by atoms with Gasteiger partial charge in [-0.2, -0.15) is 8.42 Å². The van der Waals surface area contributed by atoms with Gasteiger partial charge in [0.05, 0.1) is 17.1 Å². The predicted molar refractivity (Wildman–Crippen MR) is 112 cm³/mol. The molecule has 0 heterocycles. The van der Waals surface area contributed by atoms with Gasteiger partial charge in [-0.3, -0.25) is 8.75 Å². The summed E-state index contributed by atoms with van der Waals surface area (Å²) >= 11 is 0. The molecule has 4 bridgehead atoms. The normalized spacial score (nSPS) is 32.3. The van der Waals surface area contributed by atoms with E-state index in [0.717, 1.165) is 42.6 Å². The molecule has 1 N–H and O–H groups in total. The van der Waals surface area contributed by atoms with Gasteiger partial charge in [0.25, 0.3) is 10.1 Å². The smallest absolute Gasteiger partial charge is 0.355 e. The van der Waals surface area contributed by atoms with Crippen molar-refractivity contribution in [1.29, 1.82) is 0 Å². The van der Waals surface area contributed by atoms with E-state index in [-0.39, 0.29) is 17.1 Å². The van der Waals surface area contributed by atoms with Crippen molar-refractivity contribution in [1.82, 2.24) is 0 Å². The van der Waals surface area contributed by atoms with Crippen LogP contribution in [0.1, 0.15) is 50.5 Å². The topological polar surface area (TPSA) is 99.1 Å². The molecule has 4 fully saturated rings. The third-order valence-corrected chi connectivity index (χ3v) is 9.15. The summed E-state index contributed by atoms with van der Waals surface area (Å²) in [5.74, 6) is 2.41. The van der Waals surface area contributed by atoms with E-state index in [1.54, 1.807) is 12.1 Å². The Labute approximate surface area is 178 Å². The summed E-state index contributed by atoms with van der Waals surface area (Å²) in [6, 6.07) is 6.06. The molecule has 0 radical (unpaired) electrons. The monoisotopic (exact) mass is 458 g/mol. The predicted octanol–water partition coefficient (Wildman–Crippen LogP) is 4.24. The molecule has 4 aliphatic carbocycles. The van der Waals surface area contributed by atoms with Crippen LogP contribution in [0, 0.1) is 24.7 Å². The Kier molecular flexibility index (Phi) is 6.46. The molecule has 0 saturated heterocycles. The van der Waals surface area contributed by atoms with Gasteiger partial charge in [0, 0.05) is 6.61 Å². The maximum atomic E-state index is 12.1. The Hall–Kier alpha value is -0.760. The van der Waals surface area contributed by atoms with E-state index in [0.29, 0.717) is 13.0 Å². The Balaban J connectivity index is 1.18. The van der Waals surface area contributed by atoms with Gasteiger partial charge in [-0.1, -0.05) is 17.7 Å². The molecule has 1 aromatic rings. The van der Waals surface area contributed by atoms with Gasteiger partial charge in [0.1, 0.15) is 0 Å². The van der Waals surface area contributed by atoms with Crippen LogP contribution in [0.5, 0.6) is 0 Å². The molecule has 5 rings (SSSR count). The van der Waals surface area contributed by atoms with E-state index in [9.17, 15) is 17.9 Å². The lowest BCUT2D eigenvalue weighted by Gasteiger charge is -2.56. The lowest BCUT2D eigenvalue weighted by atomic mass is 9.54. The third-order valence-electron chi connectivity index (χ3n) is 6.65. The molecule has 0 amide bonds. The first-order valence-corrected chi connectivity index (χ1v) is 13.9. The molecular formula is C21H31O7PS. The second-order valence-electron chi connectivity index (χ2n) is 9.29. The molecule has 30 heavy (non-hydrogen) atoms. The molecule has 0 spiro atoms. The Morgan fingerprint density at radius 1 is 1.03 bits per heavy atom. The Bertz CT molecular complexity index is 861. The van der Waals surface area contributed by atoms with Crippen molar-refractivity contribution >= 4 is 17.7 Å². The molecule has 4 saturated carbocycles. The van der Waals surface area contributed by atoms with E-state index >= 15 is 0 Å². The molecule has 1 atom stereocenters. The summed E-state index contributed by atoms with van der Waals surface area (Å²) in [5.41, 5.74) is 0.906. The fourth-order valence-corrected chi connectivity index (χ4v) is 7.89. The van der Waals surface area contributed by atoms with Crippen LogP contribution in [0.4, 0.5) is 0 Å². The van der Waals surface area contributed by atoms with Crippen molar-refractivity contribution in [2.24, 2.45) is 17.8 Å². The van der Waals surface area contributed by atoms with Crippen LogP contribution in [0.15, 0.2) is 29.2 Å². The first-order valence-electron chi connectivity index (χ1n) is 10.7. The quantitative estimate of drug-likeness (QED) is 0.318. The number of hydrogen-bond acceptors (Lipinski definition) is 6. The Morgan fingerprint density at radius 3 is 2.17 bits per heavy atom. The van der Waals surface area contributed by atoms with E-state index in [1.165, 1.54) is 31.4 Å². The number of aryl methyl sites for hydroxylation is 1. The van der Waals surface area contributed by atoms with Crippen LogP contribution in [-0.2, 0) is 28.1 Å². The first kappa shape index (κ1) is 22.4. The van der Waals surface area contributed by atoms with Gasteiger partial charge >= 0.3 is 7.60 Å². The molecule has 9 heteroatoms. The standard InChI is InChI=1S/C21H31O7PS/c1-16-3-5-20(6-4-16)30(24,25)28-15-29(22,23)27-8-2-7-26-21-12-17-9-18(13-21)11-19(10-17)14-21/h3-6,17-19H,2,7-15H2,1H3,(H,22,23). The first-order chi connectivity index (χ1) is 14.1. The van der Waals surface area contributed by atoms with Crippen LogP contribution < -0.4 is 0 Å². The largest absolute Gasteiger partial charge is 0.375 e. The molecule has 0 aromatic heterocycles. The van der Waals surface area contributed by atoms with Gasteiger partial charge in [0.15, 0.2) is 6.35 Å². The minimum atomic E-state index is -4.17. The van der Waals surface area contributed by atoms with Crippen LogP contribution in [-0.4, -0.2) is 38.5 Å². The van der Waals surface area contributed by atoms with Gasteiger partial charge in [-0.15, -0.1) is 0 Å². The number of ether oxygens (including phenoxy) is 1. The van der Waals surface area contributed by atoms with Crippen LogP contribution in [0.3, 0.4) is 0 Å². The molecule has 1 aromatic carbocycles. The molecular weight excluding hydrogens is 427 g/mol. The van der Waals surface area contributed by atoms with Crippen molar-refractivity contribution in [2.75, 3.05) is 19.6 Å². The summed E-state index contributed by atoms with van der Waals surface area (Å²) in [5, 5.41) is 0. The van der Waals surface area contributed by atoms with E-state index in [4.69, 9.17) is 13.4 Å². The Morgan fingerprint density at radius 2 is 1.60 bits per heavy atom. The number of hydrogen-bond donors (Lipinski definition) is 1. The highest BCUT2D eigenvalue weighted by Gasteiger charge is 2.51. The second-order valence-corrected chi connectivity index (χ2v) is 12.7. The molecule has 4 aliphatic rings. The zero-order valence-corrected chi connectivity index (χ0v) is 19.1. The summed E-state index contributed by atoms with van der Waals surface area (Å²) in [6.07, 6.45) is 7.06. The minimum absolute atomic E-state index is 0.00287. The highest BCUT2D eigenvalue weighted by atomic mass is 32.2. The van der Waals surface area contributed by atoms with Crippen molar-refractivity contribution in [3.05, 3.63) is 29.8 Å². The zero-order valence-electron chi connectivity index (χ0n) is 17.4. The van der Waals surface area contributed by atoms with Crippen LogP contribution >= 0.6 is 7.60 Å². The second kappa shape index (κ2) is 8.64. The van der Waals surface area contributed by atoms with Crippen LogP contribution in [0.2, 0.25) is 0 Å². The molecule has 168 valence electrons. The van der Waals surface area contributed by atoms with Gasteiger partial charge in [0.2, 0.25) is 0 Å². The highest BCUT2D eigenvalue weighted by Crippen LogP contribution is 2.57. The number of benzene rings is 1. The summed E-state index contributed by atoms with van der Waals surface area (Å²) in [7, 11) is -8.28. The van der Waals surface area contributed by atoms with Crippen molar-refractivity contribution in [2.45, 2.75) is 62.4 Å². The maximum Gasteiger partial charge on any atom is 0.355 e. The summed E-state index contributed by atoms with van der Waals surface area (Å²) in [4.78, 5) is 9.84. The molecule has 0 aliphatic heterocycles. The molecule has 7 nitrogen and oxygen atoms in total. The lowest BCUT2D eigenvalue weighted by molar-refractivity contribution is -0.163. The average molecular weight is 459 g/mol. The van der Waals surface area contributed by atoms with Gasteiger partial charge in [-0.25, -0.2) is 0 Å². The van der Waals surface area contributed by atoms with Crippen molar-refractivity contribution in [3.8, 4) is 0 Å². The summed E-state index contributed by atoms with van der Waals surface area (Å²) < 4.78 is 52.5. The number of rotatable bonds is 10. The average Bonchev–Trinajstić information content (AvgIpc) is 2.65. The third kappa shape index (κ3) is 5.34. The summed E-state index contributed by atoms with van der Waals surface area (Å²) in [6.45, 7) is 2.34. The van der Waals surface area contributed by atoms with Crippen molar-refractivity contribution in [3.63, 3.8) is 0 Å². The fraction of sp³-hybridized carbons (Fsp3) is 0.714. The lowest BCUT2D eigenvalue weighted by Crippen LogP contribution is -2.52. The fourth-order valence-electron chi connectivity index (χ4n) is 5.71. The van der Waals surface area contributed by atoms with E-state index in [2.05, 4.69) is 0 Å². The van der Waals surface area contributed by atoms with Crippen molar-refractivity contribution < 1.29 is 31.3 Å².